The lowest BCUT2D eigenvalue weighted by molar-refractivity contribution is 0.384. The average molecular weight is 442 g/mol. The van der Waals surface area contributed by atoms with Crippen LogP contribution in [0.15, 0.2) is 45.9 Å². The van der Waals surface area contributed by atoms with Crippen molar-refractivity contribution in [3.8, 4) is 6.07 Å². The van der Waals surface area contributed by atoms with Crippen molar-refractivity contribution >= 4 is 43.4 Å². The van der Waals surface area contributed by atoms with Crippen LogP contribution >= 0.6 is 27.5 Å². The van der Waals surface area contributed by atoms with Crippen LogP contribution in [0.2, 0.25) is 5.02 Å². The molecule has 1 saturated heterocycles. The van der Waals surface area contributed by atoms with Crippen LogP contribution in [-0.2, 0) is 10.0 Å². The van der Waals surface area contributed by atoms with Crippen molar-refractivity contribution in [2.24, 2.45) is 0 Å². The topological polar surface area (TPSA) is 77.3 Å². The molecule has 130 valence electrons. The minimum atomic E-state index is -3.66. The molecule has 0 N–H and O–H groups in total. The van der Waals surface area contributed by atoms with Crippen molar-refractivity contribution in [3.63, 3.8) is 0 Å². The Bertz CT molecular complexity index is 937. The fourth-order valence-corrected chi connectivity index (χ4v) is 5.13. The predicted octanol–water partition coefficient (Wildman–Crippen LogP) is 2.88. The molecule has 1 aromatic carbocycles. The molecule has 9 heteroatoms. The van der Waals surface area contributed by atoms with Gasteiger partial charge in [-0.1, -0.05) is 27.5 Å². The van der Waals surface area contributed by atoms with E-state index in [1.54, 1.807) is 30.5 Å². The average Bonchev–Trinajstić information content (AvgIpc) is 2.61. The van der Waals surface area contributed by atoms with Gasteiger partial charge in [-0.25, -0.2) is 13.4 Å². The Balaban J connectivity index is 1.79. The molecule has 1 aliphatic heterocycles. The molecule has 0 spiro atoms. The van der Waals surface area contributed by atoms with Crippen molar-refractivity contribution in [2.75, 3.05) is 31.1 Å². The lowest BCUT2D eigenvalue weighted by Gasteiger charge is -2.35. The quantitative estimate of drug-likeness (QED) is 0.732. The molecule has 0 atom stereocenters. The molecule has 0 bridgehead atoms. The van der Waals surface area contributed by atoms with Crippen LogP contribution in [0.25, 0.3) is 0 Å². The van der Waals surface area contributed by atoms with E-state index in [4.69, 9.17) is 11.6 Å². The molecule has 6 nitrogen and oxygen atoms in total. The minimum Gasteiger partial charge on any atom is -0.353 e. The Morgan fingerprint density at radius 2 is 1.92 bits per heavy atom. The Labute approximate surface area is 159 Å². The normalized spacial score (nSPS) is 15.8. The van der Waals surface area contributed by atoms with Gasteiger partial charge in [0.2, 0.25) is 10.0 Å². The van der Waals surface area contributed by atoms with Crippen LogP contribution < -0.4 is 4.90 Å². The van der Waals surface area contributed by atoms with Crippen molar-refractivity contribution in [3.05, 3.63) is 51.6 Å². The largest absolute Gasteiger partial charge is 0.353 e. The summed E-state index contributed by atoms with van der Waals surface area (Å²) in [7, 11) is -3.66. The van der Waals surface area contributed by atoms with Gasteiger partial charge in [0.25, 0.3) is 0 Å². The molecule has 2 heterocycles. The third-order valence-electron chi connectivity index (χ3n) is 3.96. The first-order valence-corrected chi connectivity index (χ1v) is 10.1. The Morgan fingerprint density at radius 3 is 2.56 bits per heavy atom. The van der Waals surface area contributed by atoms with E-state index in [9.17, 15) is 13.7 Å². The first-order chi connectivity index (χ1) is 11.9. The second-order valence-electron chi connectivity index (χ2n) is 5.45. The predicted molar refractivity (Wildman–Crippen MR) is 99.1 cm³/mol. The molecule has 2 aromatic rings. The van der Waals surface area contributed by atoms with Crippen molar-refractivity contribution in [1.82, 2.24) is 9.29 Å². The molecule has 0 saturated carbocycles. The second kappa shape index (κ2) is 7.30. The van der Waals surface area contributed by atoms with Gasteiger partial charge < -0.3 is 4.90 Å². The summed E-state index contributed by atoms with van der Waals surface area (Å²) in [5.41, 5.74) is 0.481. The third-order valence-corrected chi connectivity index (χ3v) is 6.83. The van der Waals surface area contributed by atoms with Gasteiger partial charge in [0.1, 0.15) is 16.8 Å². The first-order valence-electron chi connectivity index (χ1n) is 7.49. The number of halogens is 2. The zero-order valence-electron chi connectivity index (χ0n) is 13.1. The van der Waals surface area contributed by atoms with E-state index in [1.165, 1.54) is 10.4 Å². The van der Waals surface area contributed by atoms with Gasteiger partial charge in [-0.15, -0.1) is 0 Å². The first kappa shape index (κ1) is 18.1. The zero-order valence-corrected chi connectivity index (χ0v) is 16.2. The fourth-order valence-electron chi connectivity index (χ4n) is 2.70. The molecule has 1 fully saturated rings. The maximum Gasteiger partial charge on any atom is 0.244 e. The van der Waals surface area contributed by atoms with Crippen LogP contribution in [0.5, 0.6) is 0 Å². The van der Waals surface area contributed by atoms with Crippen molar-refractivity contribution in [2.45, 2.75) is 4.90 Å². The van der Waals surface area contributed by atoms with Crippen LogP contribution in [0, 0.1) is 11.3 Å². The number of anilines is 1. The summed E-state index contributed by atoms with van der Waals surface area (Å²) in [5, 5.41) is 9.38. The Morgan fingerprint density at radius 1 is 1.20 bits per heavy atom. The third kappa shape index (κ3) is 3.65. The van der Waals surface area contributed by atoms with E-state index in [0.717, 1.165) is 4.47 Å². The summed E-state index contributed by atoms with van der Waals surface area (Å²) < 4.78 is 27.8. The maximum absolute atomic E-state index is 12.8. The van der Waals surface area contributed by atoms with Crippen LogP contribution in [0.4, 0.5) is 5.82 Å². The molecule has 0 unspecified atom stereocenters. The maximum atomic E-state index is 12.8. The highest BCUT2D eigenvalue weighted by molar-refractivity contribution is 9.10. The number of pyridine rings is 1. The summed E-state index contributed by atoms with van der Waals surface area (Å²) in [6.45, 7) is 1.52. The molecular formula is C16H14BrClN4O2S. The number of hydrogen-bond donors (Lipinski definition) is 0. The number of aromatic nitrogens is 1. The summed E-state index contributed by atoms with van der Waals surface area (Å²) >= 11 is 9.38. The zero-order chi connectivity index (χ0) is 18.0. The highest BCUT2D eigenvalue weighted by atomic mass is 79.9. The number of nitrogens with zero attached hydrogens (tertiary/aromatic N) is 4. The van der Waals surface area contributed by atoms with E-state index >= 15 is 0 Å². The van der Waals surface area contributed by atoms with E-state index in [2.05, 4.69) is 27.0 Å². The molecule has 3 rings (SSSR count). The van der Waals surface area contributed by atoms with Gasteiger partial charge in [-0.2, -0.15) is 9.57 Å². The Kier molecular flexibility index (Phi) is 5.29. The van der Waals surface area contributed by atoms with E-state index in [1.807, 2.05) is 4.90 Å². The number of nitriles is 1. The number of hydrogen-bond acceptors (Lipinski definition) is 5. The highest BCUT2D eigenvalue weighted by Crippen LogP contribution is 2.29. The number of benzene rings is 1. The number of sulfonamides is 1. The van der Waals surface area contributed by atoms with Crippen molar-refractivity contribution in [1.29, 1.82) is 5.26 Å². The van der Waals surface area contributed by atoms with Gasteiger partial charge in [0.05, 0.1) is 10.6 Å². The standard InChI is InChI=1S/C16H14BrClN4O2S/c17-13-3-4-15(14(18)10-13)25(23,24)22-8-6-21(7-9-22)16-12(11-19)2-1-5-20-16/h1-5,10H,6-9H2. The van der Waals surface area contributed by atoms with E-state index in [-0.39, 0.29) is 9.92 Å². The van der Waals surface area contributed by atoms with Crippen LogP contribution in [0.1, 0.15) is 5.56 Å². The smallest absolute Gasteiger partial charge is 0.244 e. The van der Waals surface area contributed by atoms with Gasteiger partial charge >= 0.3 is 0 Å². The fraction of sp³-hybridized carbons (Fsp3) is 0.250. The number of piperazine rings is 1. The van der Waals surface area contributed by atoms with Gasteiger partial charge in [0, 0.05) is 36.8 Å². The summed E-state index contributed by atoms with van der Waals surface area (Å²) in [6.07, 6.45) is 1.63. The molecular weight excluding hydrogens is 428 g/mol. The van der Waals surface area contributed by atoms with E-state index < -0.39 is 10.0 Å². The molecule has 0 amide bonds. The van der Waals surface area contributed by atoms with Crippen molar-refractivity contribution < 1.29 is 8.42 Å². The molecule has 0 aliphatic carbocycles. The Hall–Kier alpha value is -1.66. The minimum absolute atomic E-state index is 0.0985. The molecule has 25 heavy (non-hydrogen) atoms. The molecule has 1 aliphatic rings. The molecule has 0 radical (unpaired) electrons. The lowest BCUT2D eigenvalue weighted by Crippen LogP contribution is -2.49. The monoisotopic (exact) mass is 440 g/mol. The summed E-state index contributed by atoms with van der Waals surface area (Å²) in [4.78, 5) is 6.27. The second-order valence-corrected chi connectivity index (χ2v) is 8.68. The lowest BCUT2D eigenvalue weighted by atomic mass is 10.2. The summed E-state index contributed by atoms with van der Waals surface area (Å²) in [6, 6.07) is 10.2. The van der Waals surface area contributed by atoms with Gasteiger partial charge in [0.15, 0.2) is 0 Å². The summed E-state index contributed by atoms with van der Waals surface area (Å²) in [5.74, 6) is 0.587. The SMILES string of the molecule is N#Cc1cccnc1N1CCN(S(=O)(=O)c2ccc(Br)cc2Cl)CC1. The van der Waals surface area contributed by atoms with E-state index in [0.29, 0.717) is 37.6 Å². The number of rotatable bonds is 3. The van der Waals surface area contributed by atoms with Gasteiger partial charge in [-0.05, 0) is 30.3 Å². The van der Waals surface area contributed by atoms with Crippen LogP contribution in [-0.4, -0.2) is 43.9 Å². The molecule has 1 aromatic heterocycles. The highest BCUT2D eigenvalue weighted by Gasteiger charge is 2.31. The van der Waals surface area contributed by atoms with Crippen LogP contribution in [0.3, 0.4) is 0 Å². The van der Waals surface area contributed by atoms with Gasteiger partial charge in [-0.3, -0.25) is 0 Å².